The zero-order valence-corrected chi connectivity index (χ0v) is 12.0. The van der Waals surface area contributed by atoms with Crippen LogP contribution in [0.25, 0.3) is 0 Å². The molecule has 1 saturated heterocycles. The summed E-state index contributed by atoms with van der Waals surface area (Å²) >= 11 is 0. The number of carbonyl (C=O) groups excluding carboxylic acids is 1. The summed E-state index contributed by atoms with van der Waals surface area (Å²) in [6, 6.07) is 1.88. The van der Waals surface area contributed by atoms with Crippen molar-refractivity contribution in [2.24, 2.45) is 11.8 Å². The lowest BCUT2D eigenvalue weighted by atomic mass is 10.0. The predicted octanol–water partition coefficient (Wildman–Crippen LogP) is 2.63. The lowest BCUT2D eigenvalue weighted by Gasteiger charge is -2.18. The molecular weight excluding hydrogens is 238 g/mol. The van der Waals surface area contributed by atoms with Crippen molar-refractivity contribution in [3.8, 4) is 0 Å². The summed E-state index contributed by atoms with van der Waals surface area (Å²) in [6.45, 7) is 9.09. The van der Waals surface area contributed by atoms with Crippen LogP contribution >= 0.6 is 0 Å². The number of carbonyl (C=O) groups is 1. The Morgan fingerprint density at radius 1 is 1.42 bits per heavy atom. The number of rotatable bonds is 4. The molecule has 2 heterocycles. The van der Waals surface area contributed by atoms with Gasteiger partial charge in [-0.3, -0.25) is 9.78 Å². The summed E-state index contributed by atoms with van der Waals surface area (Å²) in [6.07, 6.45) is 4.44. The number of aromatic nitrogens is 1. The van der Waals surface area contributed by atoms with Crippen LogP contribution in [0.4, 0.5) is 5.69 Å². The Bertz CT molecular complexity index is 437. The second-order valence-corrected chi connectivity index (χ2v) is 5.51. The number of nitrogens with one attached hydrogen (secondary N) is 1. The van der Waals surface area contributed by atoms with Crippen molar-refractivity contribution in [2.75, 3.05) is 25.0 Å². The van der Waals surface area contributed by atoms with Crippen LogP contribution in [0.3, 0.4) is 0 Å². The van der Waals surface area contributed by atoms with Crippen LogP contribution in [0.15, 0.2) is 18.5 Å². The quantitative estimate of drug-likeness (QED) is 0.906. The van der Waals surface area contributed by atoms with Crippen LogP contribution in [-0.4, -0.2) is 35.4 Å². The Morgan fingerprint density at radius 2 is 2.11 bits per heavy atom. The summed E-state index contributed by atoms with van der Waals surface area (Å²) < 4.78 is 0. The summed E-state index contributed by atoms with van der Waals surface area (Å²) in [4.78, 5) is 18.6. The van der Waals surface area contributed by atoms with Crippen molar-refractivity contribution in [1.29, 1.82) is 0 Å². The standard InChI is InChI=1S/C15H23N3O/c1-4-6-17-14-5-7-16-8-13(14)15(19)18-9-11(2)12(3)10-18/h5,7-8,11-12H,4,6,9-10H2,1-3H3,(H,16,17). The zero-order valence-electron chi connectivity index (χ0n) is 12.0. The molecule has 0 aliphatic carbocycles. The van der Waals surface area contributed by atoms with Gasteiger partial charge in [-0.15, -0.1) is 0 Å². The molecule has 0 bridgehead atoms. The third-order valence-corrected chi connectivity index (χ3v) is 3.89. The number of likely N-dealkylation sites (tertiary alicyclic amines) is 1. The summed E-state index contributed by atoms with van der Waals surface area (Å²) in [5, 5.41) is 3.30. The van der Waals surface area contributed by atoms with Crippen LogP contribution in [0.1, 0.15) is 37.6 Å². The van der Waals surface area contributed by atoms with Crippen molar-refractivity contribution in [2.45, 2.75) is 27.2 Å². The van der Waals surface area contributed by atoms with Gasteiger partial charge in [0.05, 0.1) is 11.3 Å². The van der Waals surface area contributed by atoms with E-state index in [9.17, 15) is 4.79 Å². The summed E-state index contributed by atoms with van der Waals surface area (Å²) in [5.74, 6) is 1.25. The Kier molecular flexibility index (Phi) is 4.40. The van der Waals surface area contributed by atoms with Crippen LogP contribution in [0.2, 0.25) is 0 Å². The molecular formula is C15H23N3O. The molecule has 1 aliphatic heterocycles. The first kappa shape index (κ1) is 13.8. The van der Waals surface area contributed by atoms with Gasteiger partial charge in [0.2, 0.25) is 0 Å². The van der Waals surface area contributed by atoms with Gasteiger partial charge in [-0.1, -0.05) is 20.8 Å². The number of anilines is 1. The van der Waals surface area contributed by atoms with Gasteiger partial charge < -0.3 is 10.2 Å². The monoisotopic (exact) mass is 261 g/mol. The Labute approximate surface area is 115 Å². The van der Waals surface area contributed by atoms with E-state index in [0.29, 0.717) is 17.4 Å². The van der Waals surface area contributed by atoms with Crippen molar-refractivity contribution in [3.63, 3.8) is 0 Å². The Balaban J connectivity index is 2.15. The van der Waals surface area contributed by atoms with E-state index in [0.717, 1.165) is 31.7 Å². The SMILES string of the molecule is CCCNc1ccncc1C(=O)N1CC(C)C(C)C1. The minimum Gasteiger partial charge on any atom is -0.384 e. The highest BCUT2D eigenvalue weighted by atomic mass is 16.2. The lowest BCUT2D eigenvalue weighted by molar-refractivity contribution is 0.0785. The highest BCUT2D eigenvalue weighted by Crippen LogP contribution is 2.25. The van der Waals surface area contributed by atoms with Crippen LogP contribution < -0.4 is 5.32 Å². The summed E-state index contributed by atoms with van der Waals surface area (Å²) in [7, 11) is 0. The third-order valence-electron chi connectivity index (χ3n) is 3.89. The second kappa shape index (κ2) is 6.04. The molecule has 0 saturated carbocycles. The molecule has 1 aromatic rings. The highest BCUT2D eigenvalue weighted by Gasteiger charge is 2.30. The first-order valence-corrected chi connectivity index (χ1v) is 7.10. The molecule has 0 spiro atoms. The van der Waals surface area contributed by atoms with E-state index in [-0.39, 0.29) is 5.91 Å². The number of amides is 1. The minimum absolute atomic E-state index is 0.0999. The lowest BCUT2D eigenvalue weighted by Crippen LogP contribution is -2.29. The molecule has 0 aromatic carbocycles. The molecule has 0 radical (unpaired) electrons. The molecule has 19 heavy (non-hydrogen) atoms. The van der Waals surface area contributed by atoms with Crippen LogP contribution in [-0.2, 0) is 0 Å². The second-order valence-electron chi connectivity index (χ2n) is 5.51. The van der Waals surface area contributed by atoms with Gasteiger partial charge in [-0.25, -0.2) is 0 Å². The van der Waals surface area contributed by atoms with E-state index < -0.39 is 0 Å². The predicted molar refractivity (Wildman–Crippen MR) is 77.2 cm³/mol. The van der Waals surface area contributed by atoms with Gasteiger partial charge in [0.15, 0.2) is 0 Å². The minimum atomic E-state index is 0.0999. The van der Waals surface area contributed by atoms with Gasteiger partial charge in [0.25, 0.3) is 5.91 Å². The van der Waals surface area contributed by atoms with Gasteiger partial charge in [0, 0.05) is 32.0 Å². The molecule has 104 valence electrons. The van der Waals surface area contributed by atoms with Crippen LogP contribution in [0.5, 0.6) is 0 Å². The third kappa shape index (κ3) is 3.06. The molecule has 1 aromatic heterocycles. The van der Waals surface area contributed by atoms with Crippen molar-refractivity contribution in [1.82, 2.24) is 9.88 Å². The fourth-order valence-corrected chi connectivity index (χ4v) is 2.44. The fourth-order valence-electron chi connectivity index (χ4n) is 2.44. The topological polar surface area (TPSA) is 45.2 Å². The largest absolute Gasteiger partial charge is 0.384 e. The molecule has 2 atom stereocenters. The van der Waals surface area contributed by atoms with Crippen molar-refractivity contribution in [3.05, 3.63) is 24.0 Å². The van der Waals surface area contributed by atoms with Crippen molar-refractivity contribution < 1.29 is 4.79 Å². The number of nitrogens with zero attached hydrogens (tertiary/aromatic N) is 2. The normalized spacial score (nSPS) is 22.6. The first-order chi connectivity index (χ1) is 9.13. The first-order valence-electron chi connectivity index (χ1n) is 7.10. The zero-order chi connectivity index (χ0) is 13.8. The highest BCUT2D eigenvalue weighted by molar-refractivity contribution is 5.99. The number of hydrogen-bond donors (Lipinski definition) is 1. The number of hydrogen-bond acceptors (Lipinski definition) is 3. The van der Waals surface area contributed by atoms with E-state index in [1.54, 1.807) is 12.4 Å². The molecule has 1 amide bonds. The molecule has 4 heteroatoms. The molecule has 4 nitrogen and oxygen atoms in total. The van der Waals surface area contributed by atoms with E-state index >= 15 is 0 Å². The maximum Gasteiger partial charge on any atom is 0.257 e. The van der Waals surface area contributed by atoms with Gasteiger partial charge in [-0.05, 0) is 24.3 Å². The van der Waals surface area contributed by atoms with Gasteiger partial charge in [0.1, 0.15) is 0 Å². The fraction of sp³-hybridized carbons (Fsp3) is 0.600. The maximum absolute atomic E-state index is 12.6. The van der Waals surface area contributed by atoms with E-state index in [1.807, 2.05) is 11.0 Å². The number of pyridine rings is 1. The van der Waals surface area contributed by atoms with E-state index in [4.69, 9.17) is 0 Å². The van der Waals surface area contributed by atoms with Gasteiger partial charge >= 0.3 is 0 Å². The van der Waals surface area contributed by atoms with E-state index in [1.165, 1.54) is 0 Å². The van der Waals surface area contributed by atoms with Gasteiger partial charge in [-0.2, -0.15) is 0 Å². The molecule has 1 aliphatic rings. The maximum atomic E-state index is 12.6. The molecule has 1 N–H and O–H groups in total. The average Bonchev–Trinajstić information content (AvgIpc) is 2.76. The Hall–Kier alpha value is -1.58. The van der Waals surface area contributed by atoms with E-state index in [2.05, 4.69) is 31.1 Å². The molecule has 2 rings (SSSR count). The smallest absolute Gasteiger partial charge is 0.257 e. The molecule has 2 unspecified atom stereocenters. The average molecular weight is 261 g/mol. The van der Waals surface area contributed by atoms with Crippen LogP contribution in [0, 0.1) is 11.8 Å². The van der Waals surface area contributed by atoms with Crippen molar-refractivity contribution >= 4 is 11.6 Å². The Morgan fingerprint density at radius 3 is 2.74 bits per heavy atom. The summed E-state index contributed by atoms with van der Waals surface area (Å²) in [5.41, 5.74) is 1.59. The molecule has 1 fully saturated rings.